The lowest BCUT2D eigenvalue weighted by molar-refractivity contribution is -0.124. The van der Waals surface area contributed by atoms with E-state index in [0.717, 1.165) is 11.6 Å². The van der Waals surface area contributed by atoms with E-state index in [2.05, 4.69) is 4.72 Å². The molecule has 0 aliphatic heterocycles. The first-order chi connectivity index (χ1) is 11.5. The van der Waals surface area contributed by atoms with Gasteiger partial charge in [0.1, 0.15) is 0 Å². The molecule has 0 bridgehead atoms. The van der Waals surface area contributed by atoms with Crippen molar-refractivity contribution in [1.82, 2.24) is 5.48 Å². The molecule has 2 rings (SSSR count). The molecule has 0 aromatic heterocycles. The lowest BCUT2D eigenvalue weighted by atomic mass is 10.2. The number of carbonyl (C=O) groups is 1. The van der Waals surface area contributed by atoms with Crippen LogP contribution in [-0.4, -0.2) is 19.5 Å². The molecule has 0 radical (unpaired) electrons. The summed E-state index contributed by atoms with van der Waals surface area (Å²) in [6.07, 6.45) is 5.90. The minimum atomic E-state index is -3.64. The Morgan fingerprint density at radius 2 is 1.75 bits per heavy atom. The summed E-state index contributed by atoms with van der Waals surface area (Å²) in [5.41, 5.74) is 2.65. The number of hydrogen-bond acceptors (Lipinski definition) is 4. The largest absolute Gasteiger partial charge is 0.288 e. The highest BCUT2D eigenvalue weighted by Gasteiger charge is 2.13. The summed E-state index contributed by atoms with van der Waals surface area (Å²) in [5.74, 6) is -0.635. The van der Waals surface area contributed by atoms with E-state index in [9.17, 15) is 13.2 Å². The van der Waals surface area contributed by atoms with Gasteiger partial charge in [-0.2, -0.15) is 0 Å². The molecule has 2 aromatic rings. The van der Waals surface area contributed by atoms with Crippen molar-refractivity contribution in [2.75, 3.05) is 4.72 Å². The molecule has 0 fully saturated rings. The Morgan fingerprint density at radius 1 is 1.00 bits per heavy atom. The van der Waals surface area contributed by atoms with Crippen LogP contribution >= 0.6 is 0 Å². The van der Waals surface area contributed by atoms with Crippen LogP contribution < -0.4 is 10.2 Å². The third kappa shape index (κ3) is 5.08. The maximum Gasteiger partial charge on any atom is 0.267 e. The quantitative estimate of drug-likeness (QED) is 0.325. The van der Waals surface area contributed by atoms with E-state index in [1.807, 2.05) is 0 Å². The summed E-state index contributed by atoms with van der Waals surface area (Å²) in [6.45, 7) is 0. The Labute approximate surface area is 140 Å². The monoisotopic (exact) mass is 344 g/mol. The SMILES string of the molecule is O=C(/C=C/C=C/c1cccc(NS(=O)(=O)c2ccccc2)c1)NO. The Balaban J connectivity index is 2.12. The number of nitrogens with one attached hydrogen (secondary N) is 2. The van der Waals surface area contributed by atoms with Crippen LogP contribution in [0.5, 0.6) is 0 Å². The second kappa shape index (κ2) is 8.09. The molecule has 2 aromatic carbocycles. The number of benzene rings is 2. The molecule has 0 saturated carbocycles. The maximum absolute atomic E-state index is 12.3. The Morgan fingerprint density at radius 3 is 2.46 bits per heavy atom. The lowest BCUT2D eigenvalue weighted by Gasteiger charge is -2.08. The predicted molar refractivity (Wildman–Crippen MR) is 91.8 cm³/mol. The molecule has 24 heavy (non-hydrogen) atoms. The number of allylic oxidation sites excluding steroid dienone is 2. The zero-order valence-corrected chi connectivity index (χ0v) is 13.4. The lowest BCUT2D eigenvalue weighted by Crippen LogP contribution is -2.14. The molecule has 124 valence electrons. The number of rotatable bonds is 6. The van der Waals surface area contributed by atoms with Gasteiger partial charge in [0, 0.05) is 11.8 Å². The van der Waals surface area contributed by atoms with E-state index in [4.69, 9.17) is 5.21 Å². The highest BCUT2D eigenvalue weighted by atomic mass is 32.2. The van der Waals surface area contributed by atoms with Crippen LogP contribution in [0.1, 0.15) is 5.56 Å². The van der Waals surface area contributed by atoms with Gasteiger partial charge in [0.15, 0.2) is 0 Å². The van der Waals surface area contributed by atoms with Crippen molar-refractivity contribution in [3.63, 3.8) is 0 Å². The number of amides is 1. The number of hydrogen-bond donors (Lipinski definition) is 3. The van der Waals surface area contributed by atoms with Gasteiger partial charge in [0.05, 0.1) is 4.90 Å². The molecule has 0 spiro atoms. The molecule has 1 amide bonds. The van der Waals surface area contributed by atoms with Gasteiger partial charge in [0.2, 0.25) is 0 Å². The summed E-state index contributed by atoms with van der Waals surface area (Å²) in [5, 5.41) is 8.35. The summed E-state index contributed by atoms with van der Waals surface area (Å²) < 4.78 is 27.1. The maximum atomic E-state index is 12.3. The fourth-order valence-electron chi connectivity index (χ4n) is 1.87. The van der Waals surface area contributed by atoms with Crippen molar-refractivity contribution in [2.24, 2.45) is 0 Å². The fourth-order valence-corrected chi connectivity index (χ4v) is 2.94. The number of carbonyl (C=O) groups excluding carboxylic acids is 1. The first-order valence-corrected chi connectivity index (χ1v) is 8.46. The Bertz CT molecular complexity index is 859. The van der Waals surface area contributed by atoms with Crippen LogP contribution in [0.25, 0.3) is 6.08 Å². The zero-order valence-electron chi connectivity index (χ0n) is 12.6. The molecular weight excluding hydrogens is 328 g/mol. The molecule has 0 aliphatic rings. The zero-order chi connectivity index (χ0) is 17.4. The van der Waals surface area contributed by atoms with Crippen molar-refractivity contribution in [3.8, 4) is 0 Å². The molecule has 0 unspecified atom stereocenters. The van der Waals surface area contributed by atoms with E-state index in [-0.39, 0.29) is 4.90 Å². The van der Waals surface area contributed by atoms with Crippen molar-refractivity contribution in [1.29, 1.82) is 0 Å². The Hall–Kier alpha value is -2.90. The smallest absolute Gasteiger partial charge is 0.267 e. The van der Waals surface area contributed by atoms with Gasteiger partial charge in [-0.25, -0.2) is 13.9 Å². The second-order valence-electron chi connectivity index (χ2n) is 4.74. The highest BCUT2D eigenvalue weighted by Crippen LogP contribution is 2.17. The highest BCUT2D eigenvalue weighted by molar-refractivity contribution is 7.92. The van der Waals surface area contributed by atoms with Crippen LogP contribution in [0.15, 0.2) is 77.7 Å². The van der Waals surface area contributed by atoms with Crippen molar-refractivity contribution in [2.45, 2.75) is 4.90 Å². The summed E-state index contributed by atoms with van der Waals surface area (Å²) in [7, 11) is -3.64. The molecule has 7 heteroatoms. The van der Waals surface area contributed by atoms with Gasteiger partial charge in [0.25, 0.3) is 15.9 Å². The van der Waals surface area contributed by atoms with Crippen LogP contribution in [0.3, 0.4) is 0 Å². The predicted octanol–water partition coefficient (Wildman–Crippen LogP) is 2.56. The fraction of sp³-hybridized carbons (Fsp3) is 0. The number of sulfonamides is 1. The van der Waals surface area contributed by atoms with E-state index in [0.29, 0.717) is 5.69 Å². The van der Waals surface area contributed by atoms with Crippen LogP contribution in [0, 0.1) is 0 Å². The van der Waals surface area contributed by atoms with Gasteiger partial charge in [-0.05, 0) is 29.8 Å². The van der Waals surface area contributed by atoms with Crippen LogP contribution in [0.2, 0.25) is 0 Å². The van der Waals surface area contributed by atoms with Gasteiger partial charge in [-0.1, -0.05) is 48.6 Å². The summed E-state index contributed by atoms with van der Waals surface area (Å²) in [6, 6.07) is 14.9. The van der Waals surface area contributed by atoms with Crippen molar-refractivity contribution in [3.05, 3.63) is 78.4 Å². The first-order valence-electron chi connectivity index (χ1n) is 6.98. The molecule has 6 nitrogen and oxygen atoms in total. The Kier molecular flexibility index (Phi) is 5.89. The minimum Gasteiger partial charge on any atom is -0.288 e. The van der Waals surface area contributed by atoms with Gasteiger partial charge in [-0.15, -0.1) is 0 Å². The topological polar surface area (TPSA) is 95.5 Å². The van der Waals surface area contributed by atoms with Gasteiger partial charge >= 0.3 is 0 Å². The normalized spacial score (nSPS) is 11.7. The molecule has 0 atom stereocenters. The summed E-state index contributed by atoms with van der Waals surface area (Å²) >= 11 is 0. The first kappa shape index (κ1) is 17.5. The average Bonchev–Trinajstić information content (AvgIpc) is 2.59. The van der Waals surface area contributed by atoms with Gasteiger partial charge in [-0.3, -0.25) is 14.7 Å². The third-order valence-electron chi connectivity index (χ3n) is 2.95. The second-order valence-corrected chi connectivity index (χ2v) is 6.42. The molecule has 0 saturated heterocycles. The van der Waals surface area contributed by atoms with Gasteiger partial charge < -0.3 is 0 Å². The van der Waals surface area contributed by atoms with Crippen molar-refractivity contribution >= 4 is 27.7 Å². The van der Waals surface area contributed by atoms with E-state index in [1.54, 1.807) is 54.6 Å². The molecule has 0 heterocycles. The van der Waals surface area contributed by atoms with Crippen molar-refractivity contribution < 1.29 is 18.4 Å². The molecule has 0 aliphatic carbocycles. The molecular formula is C17H16N2O4S. The van der Waals surface area contributed by atoms with Crippen LogP contribution in [-0.2, 0) is 14.8 Å². The number of anilines is 1. The van der Waals surface area contributed by atoms with Crippen LogP contribution in [0.4, 0.5) is 5.69 Å². The standard InChI is InChI=1S/C17H16N2O4S/c20-17(18-21)12-5-4-7-14-8-6-9-15(13-14)19-24(22,23)16-10-2-1-3-11-16/h1-13,19,21H,(H,18,20)/b7-4+,12-5+. The van der Waals surface area contributed by atoms with E-state index < -0.39 is 15.9 Å². The minimum absolute atomic E-state index is 0.184. The molecule has 3 N–H and O–H groups in total. The average molecular weight is 344 g/mol. The summed E-state index contributed by atoms with van der Waals surface area (Å²) in [4.78, 5) is 11.0. The third-order valence-corrected chi connectivity index (χ3v) is 4.35. The van der Waals surface area contributed by atoms with E-state index >= 15 is 0 Å². The number of hydroxylamine groups is 1. The van der Waals surface area contributed by atoms with E-state index in [1.165, 1.54) is 23.7 Å².